The molecule has 4 rings (SSSR count). The monoisotopic (exact) mass is 516 g/mol. The number of carbonyl (C=O) groups is 1. The molecule has 1 saturated heterocycles. The average molecular weight is 517 g/mol. The van der Waals surface area contributed by atoms with Gasteiger partial charge in [0.25, 0.3) is 0 Å². The fraction of sp³-hybridized carbons (Fsp3) is 0.269. The van der Waals surface area contributed by atoms with Gasteiger partial charge in [0.2, 0.25) is 15.9 Å². The van der Waals surface area contributed by atoms with Gasteiger partial charge in [0.15, 0.2) is 0 Å². The van der Waals surface area contributed by atoms with Gasteiger partial charge in [-0.1, -0.05) is 89.9 Å². The van der Waals surface area contributed by atoms with E-state index in [0.717, 1.165) is 11.1 Å². The van der Waals surface area contributed by atoms with Crippen LogP contribution in [-0.2, 0) is 20.6 Å². The second-order valence-corrected chi connectivity index (χ2v) is 11.2. The maximum atomic E-state index is 13.2. The van der Waals surface area contributed by atoms with Crippen molar-refractivity contribution in [3.05, 3.63) is 106 Å². The summed E-state index contributed by atoms with van der Waals surface area (Å²) >= 11 is 12.0. The van der Waals surface area contributed by atoms with E-state index in [4.69, 9.17) is 23.2 Å². The van der Waals surface area contributed by atoms with Gasteiger partial charge in [0, 0.05) is 19.0 Å². The first-order valence-corrected chi connectivity index (χ1v) is 13.5. The number of benzene rings is 3. The van der Waals surface area contributed by atoms with Crippen molar-refractivity contribution in [1.82, 2.24) is 9.62 Å². The van der Waals surface area contributed by atoms with Crippen molar-refractivity contribution < 1.29 is 13.2 Å². The van der Waals surface area contributed by atoms with E-state index in [1.807, 2.05) is 60.7 Å². The topological polar surface area (TPSA) is 66.5 Å². The molecule has 3 aromatic carbocycles. The summed E-state index contributed by atoms with van der Waals surface area (Å²) < 4.78 is 27.3. The molecule has 1 amide bonds. The van der Waals surface area contributed by atoms with Crippen LogP contribution in [0.1, 0.15) is 35.6 Å². The van der Waals surface area contributed by atoms with Crippen LogP contribution in [0.3, 0.4) is 0 Å². The average Bonchev–Trinajstić information content (AvgIpc) is 2.85. The number of hydrogen-bond donors (Lipinski definition) is 1. The summed E-state index contributed by atoms with van der Waals surface area (Å²) in [7, 11) is -3.52. The Morgan fingerprint density at radius 2 is 1.44 bits per heavy atom. The summed E-state index contributed by atoms with van der Waals surface area (Å²) in [5.41, 5.74) is 2.59. The fourth-order valence-electron chi connectivity index (χ4n) is 4.24. The van der Waals surface area contributed by atoms with Crippen molar-refractivity contribution in [2.75, 3.05) is 13.1 Å². The maximum Gasteiger partial charge on any atom is 0.223 e. The van der Waals surface area contributed by atoms with E-state index in [1.165, 1.54) is 4.31 Å². The van der Waals surface area contributed by atoms with Crippen LogP contribution >= 0.6 is 23.2 Å². The lowest BCUT2D eigenvalue weighted by Gasteiger charge is -2.31. The summed E-state index contributed by atoms with van der Waals surface area (Å²) in [5.74, 6) is -0.448. The molecule has 0 bridgehead atoms. The minimum atomic E-state index is -3.52. The summed E-state index contributed by atoms with van der Waals surface area (Å²) in [6.45, 7) is 0.617. The van der Waals surface area contributed by atoms with Gasteiger partial charge in [-0.3, -0.25) is 4.79 Å². The molecular formula is C26H26Cl2N2O3S. The number of amides is 1. The third-order valence-electron chi connectivity index (χ3n) is 6.10. The Kier molecular flexibility index (Phi) is 7.94. The molecule has 34 heavy (non-hydrogen) atoms. The fourth-order valence-corrected chi connectivity index (χ4v) is 6.11. The normalized spacial score (nSPS) is 15.4. The molecule has 3 aromatic rings. The van der Waals surface area contributed by atoms with Gasteiger partial charge in [-0.2, -0.15) is 0 Å². The van der Waals surface area contributed by atoms with Crippen LogP contribution in [0.25, 0.3) is 0 Å². The van der Waals surface area contributed by atoms with E-state index in [-0.39, 0.29) is 23.6 Å². The molecule has 0 unspecified atom stereocenters. The maximum absolute atomic E-state index is 13.2. The first kappa shape index (κ1) is 24.7. The van der Waals surface area contributed by atoms with E-state index in [1.54, 1.807) is 18.2 Å². The molecular weight excluding hydrogens is 491 g/mol. The summed E-state index contributed by atoms with van der Waals surface area (Å²) in [5, 5.41) is 3.91. The third kappa shape index (κ3) is 5.99. The molecule has 5 nitrogen and oxygen atoms in total. The molecule has 0 aliphatic carbocycles. The number of sulfonamides is 1. The Morgan fingerprint density at radius 1 is 0.882 bits per heavy atom. The number of nitrogens with one attached hydrogen (secondary N) is 1. The third-order valence-corrected chi connectivity index (χ3v) is 8.69. The first-order chi connectivity index (χ1) is 16.3. The van der Waals surface area contributed by atoms with E-state index >= 15 is 0 Å². The Bertz CT molecular complexity index is 1190. The smallest absolute Gasteiger partial charge is 0.223 e. The lowest BCUT2D eigenvalue weighted by atomic mass is 9.94. The molecule has 0 radical (unpaired) electrons. The Balaban J connectivity index is 1.40. The molecule has 178 valence electrons. The van der Waals surface area contributed by atoms with Crippen LogP contribution in [0.5, 0.6) is 0 Å². The van der Waals surface area contributed by atoms with Gasteiger partial charge in [0.1, 0.15) is 0 Å². The van der Waals surface area contributed by atoms with Crippen LogP contribution < -0.4 is 5.32 Å². The van der Waals surface area contributed by atoms with Crippen LogP contribution in [0, 0.1) is 5.92 Å². The van der Waals surface area contributed by atoms with Gasteiger partial charge >= 0.3 is 0 Å². The molecule has 0 spiro atoms. The van der Waals surface area contributed by atoms with E-state index in [0.29, 0.717) is 41.5 Å². The number of rotatable bonds is 7. The van der Waals surface area contributed by atoms with Crippen molar-refractivity contribution in [2.45, 2.75) is 24.6 Å². The Labute approximate surface area is 210 Å². The molecule has 1 heterocycles. The highest BCUT2D eigenvalue weighted by molar-refractivity contribution is 7.88. The van der Waals surface area contributed by atoms with Gasteiger partial charge in [-0.05, 0) is 41.7 Å². The van der Waals surface area contributed by atoms with Gasteiger partial charge in [-0.25, -0.2) is 12.7 Å². The highest BCUT2D eigenvalue weighted by Crippen LogP contribution is 2.27. The number of nitrogens with zero attached hydrogens (tertiary/aromatic N) is 1. The Hall–Kier alpha value is -2.38. The van der Waals surface area contributed by atoms with E-state index in [2.05, 4.69) is 5.32 Å². The number of piperidine rings is 1. The molecule has 1 N–H and O–H groups in total. The van der Waals surface area contributed by atoms with Crippen molar-refractivity contribution in [2.24, 2.45) is 5.92 Å². The van der Waals surface area contributed by atoms with Crippen LogP contribution in [0.4, 0.5) is 0 Å². The number of carbonyl (C=O) groups excluding carboxylic acids is 1. The van der Waals surface area contributed by atoms with Crippen molar-refractivity contribution in [3.8, 4) is 0 Å². The van der Waals surface area contributed by atoms with Crippen molar-refractivity contribution in [1.29, 1.82) is 0 Å². The lowest BCUT2D eigenvalue weighted by Crippen LogP contribution is -2.44. The minimum Gasteiger partial charge on any atom is -0.345 e. The van der Waals surface area contributed by atoms with Crippen LogP contribution in [0.15, 0.2) is 78.9 Å². The molecule has 0 atom stereocenters. The second kappa shape index (κ2) is 10.9. The first-order valence-electron chi connectivity index (χ1n) is 11.2. The molecule has 1 aliphatic rings. The highest BCUT2D eigenvalue weighted by Gasteiger charge is 2.32. The molecule has 0 saturated carbocycles. The minimum absolute atomic E-state index is 0.0563. The predicted octanol–water partition coefficient (Wildman–Crippen LogP) is 5.44. The summed E-state index contributed by atoms with van der Waals surface area (Å²) in [4.78, 5) is 13.2. The molecule has 1 aliphatic heterocycles. The number of hydrogen-bond acceptors (Lipinski definition) is 3. The van der Waals surface area contributed by atoms with Crippen LogP contribution in [0.2, 0.25) is 10.0 Å². The van der Waals surface area contributed by atoms with E-state index in [9.17, 15) is 13.2 Å². The highest BCUT2D eigenvalue weighted by atomic mass is 35.5. The zero-order chi connectivity index (χ0) is 24.1. The Morgan fingerprint density at radius 3 is 1.97 bits per heavy atom. The summed E-state index contributed by atoms with van der Waals surface area (Å²) in [6.07, 6.45) is 0.950. The lowest BCUT2D eigenvalue weighted by molar-refractivity contribution is -0.126. The number of halogens is 2. The molecule has 8 heteroatoms. The predicted molar refractivity (Wildman–Crippen MR) is 136 cm³/mol. The second-order valence-electron chi connectivity index (χ2n) is 8.44. The van der Waals surface area contributed by atoms with Gasteiger partial charge in [-0.15, -0.1) is 0 Å². The molecule has 1 fully saturated rings. The largest absolute Gasteiger partial charge is 0.345 e. The zero-order valence-corrected chi connectivity index (χ0v) is 20.9. The van der Waals surface area contributed by atoms with Gasteiger partial charge in [0.05, 0.1) is 21.8 Å². The zero-order valence-electron chi connectivity index (χ0n) is 18.5. The van der Waals surface area contributed by atoms with E-state index < -0.39 is 10.0 Å². The van der Waals surface area contributed by atoms with Crippen molar-refractivity contribution in [3.63, 3.8) is 0 Å². The summed E-state index contributed by atoms with van der Waals surface area (Å²) in [6, 6.07) is 24.3. The SMILES string of the molecule is O=C(NC(c1ccccc1)c1ccccc1)C1CCN(S(=O)(=O)Cc2ccc(Cl)c(Cl)c2)CC1. The van der Waals surface area contributed by atoms with Crippen molar-refractivity contribution >= 4 is 39.1 Å². The quantitative estimate of drug-likeness (QED) is 0.454. The standard InChI is InChI=1S/C26H26Cl2N2O3S/c27-23-12-11-19(17-24(23)28)18-34(32,33)30-15-13-22(14-16-30)26(31)29-25(20-7-3-1-4-8-20)21-9-5-2-6-10-21/h1-12,17,22,25H,13-16,18H2,(H,29,31). The van der Waals surface area contributed by atoms with Gasteiger partial charge < -0.3 is 5.32 Å². The van der Waals surface area contributed by atoms with Crippen LogP contribution in [-0.4, -0.2) is 31.7 Å². The molecule has 0 aromatic heterocycles.